The lowest BCUT2D eigenvalue weighted by atomic mass is 10.2. The summed E-state index contributed by atoms with van der Waals surface area (Å²) >= 11 is 0. The minimum atomic E-state index is -0.0822. The SMILES string of the molecule is Cc1cc(-c2ncc3c(=O)cc[nH]c3n2)ccn1. The molecule has 1 N–H and O–H groups in total. The number of nitrogens with zero attached hydrogens (tertiary/aromatic N) is 3. The third-order valence-electron chi connectivity index (χ3n) is 2.66. The van der Waals surface area contributed by atoms with Crippen LogP contribution in [-0.4, -0.2) is 19.9 Å². The summed E-state index contributed by atoms with van der Waals surface area (Å²) in [6, 6.07) is 5.21. The number of rotatable bonds is 1. The molecule has 0 atom stereocenters. The van der Waals surface area contributed by atoms with E-state index in [1.54, 1.807) is 18.6 Å². The Bertz CT molecular complexity index is 779. The lowest BCUT2D eigenvalue weighted by Crippen LogP contribution is -2.03. The van der Waals surface area contributed by atoms with Gasteiger partial charge in [-0.1, -0.05) is 0 Å². The molecule has 0 unspecified atom stereocenters. The monoisotopic (exact) mass is 238 g/mol. The molecule has 0 fully saturated rings. The third kappa shape index (κ3) is 1.75. The molecule has 0 amide bonds. The van der Waals surface area contributed by atoms with Gasteiger partial charge in [0.2, 0.25) is 0 Å². The van der Waals surface area contributed by atoms with E-state index in [1.807, 2.05) is 19.1 Å². The fourth-order valence-electron chi connectivity index (χ4n) is 1.78. The highest BCUT2D eigenvalue weighted by Crippen LogP contribution is 2.15. The minimum Gasteiger partial charge on any atom is -0.346 e. The Morgan fingerprint density at radius 2 is 2.11 bits per heavy atom. The summed E-state index contributed by atoms with van der Waals surface area (Å²) < 4.78 is 0. The Labute approximate surface area is 103 Å². The van der Waals surface area contributed by atoms with Crippen molar-refractivity contribution in [3.05, 3.63) is 52.7 Å². The van der Waals surface area contributed by atoms with Crippen LogP contribution in [0.5, 0.6) is 0 Å². The summed E-state index contributed by atoms with van der Waals surface area (Å²) in [5, 5.41) is 0.493. The zero-order chi connectivity index (χ0) is 12.5. The van der Waals surface area contributed by atoms with Crippen molar-refractivity contribution >= 4 is 11.0 Å². The maximum Gasteiger partial charge on any atom is 0.192 e. The van der Waals surface area contributed by atoms with Crippen molar-refractivity contribution in [1.82, 2.24) is 19.9 Å². The van der Waals surface area contributed by atoms with E-state index >= 15 is 0 Å². The summed E-state index contributed by atoms with van der Waals surface area (Å²) in [7, 11) is 0. The molecular formula is C13H10N4O. The lowest BCUT2D eigenvalue weighted by molar-refractivity contribution is 1.15. The second-order valence-corrected chi connectivity index (χ2v) is 3.98. The van der Waals surface area contributed by atoms with Gasteiger partial charge in [0.05, 0.1) is 5.39 Å². The third-order valence-corrected chi connectivity index (χ3v) is 2.66. The summed E-state index contributed by atoms with van der Waals surface area (Å²) in [6.45, 7) is 1.91. The molecule has 5 heteroatoms. The van der Waals surface area contributed by atoms with Crippen molar-refractivity contribution < 1.29 is 0 Å². The Balaban J connectivity index is 2.23. The predicted octanol–water partition coefficient (Wildman–Crippen LogP) is 1.69. The molecule has 0 saturated heterocycles. The van der Waals surface area contributed by atoms with Crippen LogP contribution in [0.1, 0.15) is 5.69 Å². The minimum absolute atomic E-state index is 0.0822. The van der Waals surface area contributed by atoms with Gasteiger partial charge >= 0.3 is 0 Å². The topological polar surface area (TPSA) is 71.5 Å². The van der Waals surface area contributed by atoms with E-state index in [0.29, 0.717) is 16.9 Å². The molecule has 0 aliphatic heterocycles. The molecule has 88 valence electrons. The lowest BCUT2D eigenvalue weighted by Gasteiger charge is -2.02. The van der Waals surface area contributed by atoms with Gasteiger partial charge in [-0.2, -0.15) is 0 Å². The zero-order valence-corrected chi connectivity index (χ0v) is 9.71. The van der Waals surface area contributed by atoms with Gasteiger partial charge in [-0.05, 0) is 19.1 Å². The summed E-state index contributed by atoms with van der Waals surface area (Å²) in [5.74, 6) is 0.579. The van der Waals surface area contributed by atoms with Gasteiger partial charge in [0.1, 0.15) is 5.65 Å². The molecule has 3 heterocycles. The average molecular weight is 238 g/mol. The van der Waals surface area contributed by atoms with Crippen LogP contribution in [0.25, 0.3) is 22.4 Å². The first-order valence-electron chi connectivity index (χ1n) is 5.51. The first-order chi connectivity index (χ1) is 8.74. The molecule has 0 spiro atoms. The maximum atomic E-state index is 11.6. The number of fused-ring (bicyclic) bond motifs is 1. The fraction of sp³-hybridized carbons (Fsp3) is 0.0769. The molecule has 3 rings (SSSR count). The van der Waals surface area contributed by atoms with Crippen molar-refractivity contribution in [3.8, 4) is 11.4 Å². The van der Waals surface area contributed by atoms with Crippen LogP contribution in [0, 0.1) is 6.92 Å². The molecule has 0 aliphatic rings. The van der Waals surface area contributed by atoms with E-state index in [-0.39, 0.29) is 5.43 Å². The fourth-order valence-corrected chi connectivity index (χ4v) is 1.78. The molecule has 3 aromatic rings. The molecule has 0 bridgehead atoms. The number of aryl methyl sites for hydroxylation is 1. The summed E-state index contributed by atoms with van der Waals surface area (Å²) in [6.07, 6.45) is 4.84. The van der Waals surface area contributed by atoms with Crippen LogP contribution in [0.2, 0.25) is 0 Å². The molecule has 0 aromatic carbocycles. The van der Waals surface area contributed by atoms with Gasteiger partial charge in [-0.15, -0.1) is 0 Å². The second-order valence-electron chi connectivity index (χ2n) is 3.98. The molecule has 0 aliphatic carbocycles. The normalized spacial score (nSPS) is 10.7. The Morgan fingerprint density at radius 1 is 1.22 bits per heavy atom. The molecule has 18 heavy (non-hydrogen) atoms. The van der Waals surface area contributed by atoms with Gasteiger partial charge in [0, 0.05) is 35.9 Å². The largest absolute Gasteiger partial charge is 0.346 e. The second kappa shape index (κ2) is 4.03. The smallest absolute Gasteiger partial charge is 0.192 e. The van der Waals surface area contributed by atoms with Crippen LogP contribution < -0.4 is 5.43 Å². The van der Waals surface area contributed by atoms with Crippen molar-refractivity contribution in [2.45, 2.75) is 6.92 Å². The van der Waals surface area contributed by atoms with Gasteiger partial charge in [-0.3, -0.25) is 9.78 Å². The molecule has 0 radical (unpaired) electrons. The first-order valence-corrected chi connectivity index (χ1v) is 5.51. The van der Waals surface area contributed by atoms with E-state index < -0.39 is 0 Å². The maximum absolute atomic E-state index is 11.6. The van der Waals surface area contributed by atoms with Gasteiger partial charge in [0.15, 0.2) is 11.3 Å². The van der Waals surface area contributed by atoms with Gasteiger partial charge < -0.3 is 4.98 Å². The molecular weight excluding hydrogens is 228 g/mol. The molecule has 0 saturated carbocycles. The van der Waals surface area contributed by atoms with Crippen LogP contribution in [-0.2, 0) is 0 Å². The van der Waals surface area contributed by atoms with E-state index in [0.717, 1.165) is 11.3 Å². The quantitative estimate of drug-likeness (QED) is 0.700. The highest BCUT2D eigenvalue weighted by atomic mass is 16.1. The van der Waals surface area contributed by atoms with Crippen LogP contribution in [0.15, 0.2) is 41.6 Å². The number of aromatic amines is 1. The average Bonchev–Trinajstić information content (AvgIpc) is 2.39. The Kier molecular flexibility index (Phi) is 2.37. The van der Waals surface area contributed by atoms with Crippen molar-refractivity contribution in [2.75, 3.05) is 0 Å². The van der Waals surface area contributed by atoms with Crippen molar-refractivity contribution in [2.24, 2.45) is 0 Å². The predicted molar refractivity (Wildman–Crippen MR) is 68.1 cm³/mol. The number of hydrogen-bond donors (Lipinski definition) is 1. The first kappa shape index (κ1) is 10.6. The summed E-state index contributed by atoms with van der Waals surface area (Å²) in [5.41, 5.74) is 2.25. The number of pyridine rings is 2. The highest BCUT2D eigenvalue weighted by Gasteiger charge is 2.05. The number of nitrogens with one attached hydrogen (secondary N) is 1. The van der Waals surface area contributed by atoms with Crippen molar-refractivity contribution in [3.63, 3.8) is 0 Å². The van der Waals surface area contributed by atoms with Crippen LogP contribution in [0.3, 0.4) is 0 Å². The van der Waals surface area contributed by atoms with Gasteiger partial charge in [0.25, 0.3) is 0 Å². The standard InChI is InChI=1S/C13H10N4O/c1-8-6-9(2-4-14-8)12-16-7-10-11(18)3-5-15-13(10)17-12/h2-7H,1H3,(H,15,16,17,18). The summed E-state index contributed by atoms with van der Waals surface area (Å²) in [4.78, 5) is 27.2. The van der Waals surface area contributed by atoms with E-state index in [4.69, 9.17) is 0 Å². The van der Waals surface area contributed by atoms with Gasteiger partial charge in [-0.25, -0.2) is 9.97 Å². The number of hydrogen-bond acceptors (Lipinski definition) is 4. The number of aromatic nitrogens is 4. The highest BCUT2D eigenvalue weighted by molar-refractivity contribution is 5.75. The van der Waals surface area contributed by atoms with E-state index in [2.05, 4.69) is 19.9 Å². The molecule has 5 nitrogen and oxygen atoms in total. The van der Waals surface area contributed by atoms with Crippen LogP contribution >= 0.6 is 0 Å². The number of H-pyrrole nitrogens is 1. The Hall–Kier alpha value is -2.56. The van der Waals surface area contributed by atoms with E-state index in [1.165, 1.54) is 6.07 Å². The van der Waals surface area contributed by atoms with E-state index in [9.17, 15) is 4.79 Å². The van der Waals surface area contributed by atoms with Crippen molar-refractivity contribution in [1.29, 1.82) is 0 Å². The zero-order valence-electron chi connectivity index (χ0n) is 9.71. The van der Waals surface area contributed by atoms with Crippen LogP contribution in [0.4, 0.5) is 0 Å². The Morgan fingerprint density at radius 3 is 2.94 bits per heavy atom. The molecule has 3 aromatic heterocycles.